The fourth-order valence-corrected chi connectivity index (χ4v) is 5.71. The van der Waals surface area contributed by atoms with Crippen LogP contribution in [0.15, 0.2) is 66.7 Å². The number of nitrogens with one attached hydrogen (secondary N) is 1. The second-order valence-electron chi connectivity index (χ2n) is 7.03. The molecule has 31 heavy (non-hydrogen) atoms. The molecular weight excluding hydrogens is 522 g/mol. The fourth-order valence-electron chi connectivity index (χ4n) is 3.66. The van der Waals surface area contributed by atoms with Crippen LogP contribution < -0.4 is 5.32 Å². The quantitative estimate of drug-likeness (QED) is 0.186. The molecule has 0 unspecified atom stereocenters. The molecule has 0 amide bonds. The van der Waals surface area contributed by atoms with Crippen molar-refractivity contribution in [3.8, 4) is 11.1 Å². The van der Waals surface area contributed by atoms with Gasteiger partial charge in [0.15, 0.2) is 0 Å². The van der Waals surface area contributed by atoms with Crippen LogP contribution in [0.5, 0.6) is 0 Å². The van der Waals surface area contributed by atoms with E-state index in [-0.39, 0.29) is 6.29 Å². The average Bonchev–Trinajstić information content (AvgIpc) is 2.77. The van der Waals surface area contributed by atoms with Crippen LogP contribution in [0, 0.1) is 3.57 Å². The van der Waals surface area contributed by atoms with E-state index < -0.39 is 7.60 Å². The molecule has 4 rings (SSSR count). The zero-order valence-corrected chi connectivity index (χ0v) is 20.5. The van der Waals surface area contributed by atoms with Gasteiger partial charge in [0.25, 0.3) is 0 Å². The lowest BCUT2D eigenvalue weighted by Crippen LogP contribution is -2.09. The van der Waals surface area contributed by atoms with Gasteiger partial charge in [0.05, 0.1) is 18.7 Å². The van der Waals surface area contributed by atoms with E-state index in [1.165, 1.54) is 10.8 Å². The summed E-state index contributed by atoms with van der Waals surface area (Å²) in [5.74, 6) is 0.634. The van der Waals surface area contributed by atoms with Crippen LogP contribution >= 0.6 is 30.2 Å². The molecule has 0 saturated heterocycles. The van der Waals surface area contributed by atoms with E-state index >= 15 is 0 Å². The predicted octanol–water partition coefficient (Wildman–Crippen LogP) is 7.30. The third-order valence-electron chi connectivity index (χ3n) is 4.94. The van der Waals surface area contributed by atoms with E-state index in [4.69, 9.17) is 14.0 Å². The molecule has 1 aromatic heterocycles. The normalized spacial score (nSPS) is 11.8. The highest BCUT2D eigenvalue weighted by Gasteiger charge is 2.23. The van der Waals surface area contributed by atoms with Crippen molar-refractivity contribution >= 4 is 57.7 Å². The number of rotatable bonds is 8. The highest BCUT2D eigenvalue weighted by atomic mass is 127. The Labute approximate surface area is 195 Å². The van der Waals surface area contributed by atoms with Crippen LogP contribution in [-0.4, -0.2) is 24.5 Å². The van der Waals surface area contributed by atoms with Gasteiger partial charge in [-0.2, -0.15) is 0 Å². The largest absolute Gasteiger partial charge is 0.359 e. The summed E-state index contributed by atoms with van der Waals surface area (Å²) < 4.78 is 24.7. The second-order valence-corrected chi connectivity index (χ2v) is 10.3. The summed E-state index contributed by atoms with van der Waals surface area (Å²) in [6.45, 7) is 4.26. The van der Waals surface area contributed by atoms with Crippen molar-refractivity contribution in [1.29, 1.82) is 0 Å². The van der Waals surface area contributed by atoms with Crippen LogP contribution in [-0.2, 0) is 13.6 Å². The molecule has 0 aliphatic heterocycles. The Hall–Kier alpha value is -1.99. The van der Waals surface area contributed by atoms with Crippen LogP contribution in [0.2, 0.25) is 0 Å². The fraction of sp³-hybridized carbons (Fsp3) is 0.208. The van der Waals surface area contributed by atoms with Crippen LogP contribution in [0.1, 0.15) is 13.8 Å². The first-order valence-electron chi connectivity index (χ1n) is 10.2. The molecule has 0 fully saturated rings. The molecule has 0 radical (unpaired) electrons. The molecule has 160 valence electrons. The average molecular weight is 546 g/mol. The molecule has 4 aromatic rings. The van der Waals surface area contributed by atoms with Crippen molar-refractivity contribution in [3.05, 3.63) is 70.3 Å². The van der Waals surface area contributed by atoms with E-state index in [0.717, 1.165) is 25.6 Å². The molecule has 1 N–H and O–H groups in total. The van der Waals surface area contributed by atoms with E-state index in [1.807, 2.05) is 18.2 Å². The summed E-state index contributed by atoms with van der Waals surface area (Å²) in [4.78, 5) is 4.88. The molecule has 7 heteroatoms. The number of nitrogens with zero attached hydrogens (tertiary/aromatic N) is 1. The van der Waals surface area contributed by atoms with Gasteiger partial charge in [-0.05, 0) is 77.0 Å². The lowest BCUT2D eigenvalue weighted by Gasteiger charge is -2.18. The van der Waals surface area contributed by atoms with Crippen molar-refractivity contribution < 1.29 is 13.6 Å². The third kappa shape index (κ3) is 4.93. The highest BCUT2D eigenvalue weighted by molar-refractivity contribution is 14.1. The smallest absolute Gasteiger partial charge is 0.349 e. The molecule has 0 saturated carbocycles. The number of halogens is 1. The number of hydrogen-bond acceptors (Lipinski definition) is 5. The Kier molecular flexibility index (Phi) is 6.92. The molecule has 0 aliphatic carbocycles. The molecule has 5 nitrogen and oxygen atoms in total. The van der Waals surface area contributed by atoms with Gasteiger partial charge in [-0.25, -0.2) is 4.98 Å². The number of benzene rings is 3. The Bertz CT molecular complexity index is 1260. The lowest BCUT2D eigenvalue weighted by atomic mass is 9.96. The summed E-state index contributed by atoms with van der Waals surface area (Å²) in [5.41, 5.74) is 3.10. The van der Waals surface area contributed by atoms with Gasteiger partial charge in [0, 0.05) is 14.5 Å². The van der Waals surface area contributed by atoms with E-state index in [1.54, 1.807) is 13.8 Å². The van der Waals surface area contributed by atoms with Gasteiger partial charge in [0.2, 0.25) is 0 Å². The highest BCUT2D eigenvalue weighted by Crippen LogP contribution is 2.47. The van der Waals surface area contributed by atoms with Crippen LogP contribution in [0.4, 0.5) is 5.82 Å². The SMILES string of the molecule is CCOP(=O)(CNc1ccc2cc(I)cc(-c3cccc4ccccc34)c2n1)OCC. The first-order chi connectivity index (χ1) is 15.0. The third-order valence-corrected chi connectivity index (χ3v) is 7.41. The Balaban J connectivity index is 1.78. The molecule has 0 bridgehead atoms. The minimum atomic E-state index is -3.21. The summed E-state index contributed by atoms with van der Waals surface area (Å²) in [6.07, 6.45) is 0.0706. The maximum atomic E-state index is 12.8. The number of pyridine rings is 1. The standard InChI is InChI=1S/C24H24IN2O3P/c1-3-29-31(28,30-4-2)16-26-23-13-12-18-14-19(25)15-22(24(18)27-23)21-11-7-9-17-8-5-6-10-20(17)21/h5-15H,3-4,16H2,1-2H3,(H,26,27). The zero-order valence-electron chi connectivity index (χ0n) is 17.5. The summed E-state index contributed by atoms with van der Waals surface area (Å²) >= 11 is 2.34. The van der Waals surface area contributed by atoms with Crippen molar-refractivity contribution in [1.82, 2.24) is 4.98 Å². The number of fused-ring (bicyclic) bond motifs is 2. The van der Waals surface area contributed by atoms with Gasteiger partial charge in [0.1, 0.15) is 12.1 Å². The predicted molar refractivity (Wildman–Crippen MR) is 137 cm³/mol. The van der Waals surface area contributed by atoms with Crippen molar-refractivity contribution in [2.75, 3.05) is 24.8 Å². The zero-order chi connectivity index (χ0) is 21.8. The number of aromatic nitrogens is 1. The molecule has 0 aliphatic rings. The van der Waals surface area contributed by atoms with E-state index in [9.17, 15) is 4.57 Å². The Morgan fingerprint density at radius 2 is 1.65 bits per heavy atom. The number of anilines is 1. The summed E-state index contributed by atoms with van der Waals surface area (Å²) in [6, 6.07) is 22.9. The van der Waals surface area contributed by atoms with Crippen molar-refractivity contribution in [2.45, 2.75) is 13.8 Å². The van der Waals surface area contributed by atoms with Gasteiger partial charge < -0.3 is 14.4 Å². The van der Waals surface area contributed by atoms with Crippen LogP contribution in [0.25, 0.3) is 32.8 Å². The molecule has 3 aromatic carbocycles. The Morgan fingerprint density at radius 3 is 2.42 bits per heavy atom. The van der Waals surface area contributed by atoms with Crippen molar-refractivity contribution in [2.24, 2.45) is 0 Å². The van der Waals surface area contributed by atoms with Crippen molar-refractivity contribution in [3.63, 3.8) is 0 Å². The van der Waals surface area contributed by atoms with Gasteiger partial charge >= 0.3 is 7.60 Å². The first-order valence-corrected chi connectivity index (χ1v) is 13.0. The van der Waals surface area contributed by atoms with Gasteiger partial charge in [-0.1, -0.05) is 42.5 Å². The minimum Gasteiger partial charge on any atom is -0.359 e. The molecule has 0 atom stereocenters. The summed E-state index contributed by atoms with van der Waals surface area (Å²) in [7, 11) is -3.21. The Morgan fingerprint density at radius 1 is 0.903 bits per heavy atom. The lowest BCUT2D eigenvalue weighted by molar-refractivity contribution is 0.221. The second kappa shape index (κ2) is 9.65. The van der Waals surface area contributed by atoms with E-state index in [0.29, 0.717) is 19.0 Å². The monoisotopic (exact) mass is 546 g/mol. The molecule has 1 heterocycles. The maximum Gasteiger partial charge on any atom is 0.349 e. The van der Waals surface area contributed by atoms with Crippen LogP contribution in [0.3, 0.4) is 0 Å². The minimum absolute atomic E-state index is 0.0706. The topological polar surface area (TPSA) is 60.5 Å². The van der Waals surface area contributed by atoms with E-state index in [2.05, 4.69) is 76.4 Å². The van der Waals surface area contributed by atoms with Gasteiger partial charge in [-0.3, -0.25) is 4.57 Å². The van der Waals surface area contributed by atoms with Gasteiger partial charge in [-0.15, -0.1) is 0 Å². The summed E-state index contributed by atoms with van der Waals surface area (Å²) in [5, 5.41) is 6.58. The number of hydrogen-bond donors (Lipinski definition) is 1. The molecular formula is C24H24IN2O3P. The first kappa shape index (κ1) is 22.2. The maximum absolute atomic E-state index is 12.8. The molecule has 0 spiro atoms.